The van der Waals surface area contributed by atoms with E-state index in [0.29, 0.717) is 12.1 Å². The number of hydrogen-bond donors (Lipinski definition) is 1. The first-order chi connectivity index (χ1) is 10.2. The molecule has 0 spiro atoms. The number of aryl methyl sites for hydroxylation is 2. The monoisotopic (exact) mass is 286 g/mol. The minimum Gasteiger partial charge on any atom is -0.376 e. The Hall–Kier alpha value is -1.46. The van der Waals surface area contributed by atoms with Gasteiger partial charge in [-0.1, -0.05) is 0 Å². The lowest BCUT2D eigenvalue weighted by Crippen LogP contribution is -2.37. The van der Waals surface area contributed by atoms with Crippen LogP contribution in [0.5, 0.6) is 0 Å². The van der Waals surface area contributed by atoms with Gasteiger partial charge in [0, 0.05) is 37.8 Å². The Bertz CT molecular complexity index is 662. The van der Waals surface area contributed by atoms with Crippen LogP contribution in [0.15, 0.2) is 12.3 Å². The summed E-state index contributed by atoms with van der Waals surface area (Å²) >= 11 is 0. The van der Waals surface area contributed by atoms with Crippen LogP contribution in [0.4, 0.5) is 0 Å². The molecule has 1 saturated carbocycles. The molecule has 1 N–H and O–H groups in total. The highest BCUT2D eigenvalue weighted by Gasteiger charge is 2.40. The first kappa shape index (κ1) is 13.2. The molecule has 1 aliphatic carbocycles. The number of rotatable bonds is 4. The lowest BCUT2D eigenvalue weighted by Gasteiger charge is -2.19. The first-order valence-corrected chi connectivity index (χ1v) is 7.85. The fourth-order valence-electron chi connectivity index (χ4n) is 3.42. The van der Waals surface area contributed by atoms with Crippen molar-refractivity contribution in [2.75, 3.05) is 6.61 Å². The molecular weight excluding hydrogens is 264 g/mol. The van der Waals surface area contributed by atoms with Crippen molar-refractivity contribution in [1.29, 1.82) is 0 Å². The summed E-state index contributed by atoms with van der Waals surface area (Å²) in [4.78, 5) is 4.54. The molecule has 1 aliphatic heterocycles. The fourth-order valence-corrected chi connectivity index (χ4v) is 3.42. The summed E-state index contributed by atoms with van der Waals surface area (Å²) in [6.45, 7) is 3.79. The normalized spacial score (nSPS) is 25.8. The summed E-state index contributed by atoms with van der Waals surface area (Å²) in [5.41, 5.74) is 3.22. The van der Waals surface area contributed by atoms with E-state index in [-0.39, 0.29) is 0 Å². The summed E-state index contributed by atoms with van der Waals surface area (Å²) in [6.07, 6.45) is 6.19. The maximum Gasteiger partial charge on any atom is 0.157 e. The Balaban J connectivity index is 1.48. The predicted molar refractivity (Wildman–Crippen MR) is 81.0 cm³/mol. The molecule has 5 heteroatoms. The number of fused-ring (bicyclic) bond motifs is 1. The highest BCUT2D eigenvalue weighted by Crippen LogP contribution is 2.38. The second-order valence-electron chi connectivity index (χ2n) is 6.37. The number of hydrogen-bond acceptors (Lipinski definition) is 4. The van der Waals surface area contributed by atoms with Gasteiger partial charge in [0.1, 0.15) is 0 Å². The van der Waals surface area contributed by atoms with Gasteiger partial charge in [-0.2, -0.15) is 5.10 Å². The van der Waals surface area contributed by atoms with Crippen LogP contribution >= 0.6 is 0 Å². The summed E-state index contributed by atoms with van der Waals surface area (Å²) in [6, 6.07) is 2.71. The van der Waals surface area contributed by atoms with Crippen molar-refractivity contribution in [3.05, 3.63) is 23.5 Å². The number of pyridine rings is 1. The molecule has 0 radical (unpaired) electrons. The molecule has 1 saturated heterocycles. The molecule has 112 valence electrons. The van der Waals surface area contributed by atoms with Gasteiger partial charge in [0.05, 0.1) is 11.8 Å². The second kappa shape index (κ2) is 5.07. The van der Waals surface area contributed by atoms with Crippen molar-refractivity contribution in [1.82, 2.24) is 20.1 Å². The first-order valence-electron chi connectivity index (χ1n) is 7.85. The second-order valence-corrected chi connectivity index (χ2v) is 6.37. The molecule has 2 aromatic heterocycles. The molecule has 3 heterocycles. The molecule has 4 rings (SSSR count). The van der Waals surface area contributed by atoms with Gasteiger partial charge >= 0.3 is 0 Å². The average molecular weight is 286 g/mol. The smallest absolute Gasteiger partial charge is 0.157 e. The summed E-state index contributed by atoms with van der Waals surface area (Å²) in [5.74, 6) is 0.797. The zero-order valence-corrected chi connectivity index (χ0v) is 12.7. The predicted octanol–water partition coefficient (Wildman–Crippen LogP) is 1.93. The Kier molecular flexibility index (Phi) is 3.19. The van der Waals surface area contributed by atoms with Crippen LogP contribution in [0, 0.1) is 12.8 Å². The van der Waals surface area contributed by atoms with Crippen LogP contribution in [-0.4, -0.2) is 33.5 Å². The average Bonchev–Trinajstić information content (AvgIpc) is 3.15. The van der Waals surface area contributed by atoms with Gasteiger partial charge in [0.25, 0.3) is 0 Å². The topological polar surface area (TPSA) is 52.0 Å². The molecule has 5 nitrogen and oxygen atoms in total. The summed E-state index contributed by atoms with van der Waals surface area (Å²) in [7, 11) is 1.94. The van der Waals surface area contributed by atoms with Crippen molar-refractivity contribution in [2.45, 2.75) is 44.9 Å². The molecule has 0 aromatic carbocycles. The van der Waals surface area contributed by atoms with Crippen molar-refractivity contribution in [2.24, 2.45) is 13.0 Å². The minimum atomic E-state index is 0.432. The fraction of sp³-hybridized carbons (Fsp3) is 0.625. The van der Waals surface area contributed by atoms with E-state index in [9.17, 15) is 0 Å². The highest BCUT2D eigenvalue weighted by atomic mass is 16.5. The van der Waals surface area contributed by atoms with Crippen molar-refractivity contribution >= 4 is 11.0 Å². The van der Waals surface area contributed by atoms with Gasteiger partial charge in [-0.25, -0.2) is 4.98 Å². The van der Waals surface area contributed by atoms with E-state index < -0.39 is 0 Å². The number of nitrogens with one attached hydrogen (secondary N) is 1. The molecule has 2 aliphatic rings. The van der Waals surface area contributed by atoms with E-state index >= 15 is 0 Å². The van der Waals surface area contributed by atoms with Crippen molar-refractivity contribution in [3.63, 3.8) is 0 Å². The van der Waals surface area contributed by atoms with E-state index in [1.807, 2.05) is 24.9 Å². The molecule has 0 bridgehead atoms. The van der Waals surface area contributed by atoms with Crippen LogP contribution in [0.1, 0.15) is 30.5 Å². The molecule has 2 unspecified atom stereocenters. The molecule has 2 aromatic rings. The summed E-state index contributed by atoms with van der Waals surface area (Å²) < 4.78 is 7.72. The quantitative estimate of drug-likeness (QED) is 0.933. The Morgan fingerprint density at radius 1 is 1.38 bits per heavy atom. The number of nitrogens with zero attached hydrogens (tertiary/aromatic N) is 3. The van der Waals surface area contributed by atoms with Gasteiger partial charge in [-0.15, -0.1) is 0 Å². The number of ether oxygens (including phenoxy) is 1. The molecule has 21 heavy (non-hydrogen) atoms. The van der Waals surface area contributed by atoms with Crippen LogP contribution in [-0.2, 0) is 18.3 Å². The van der Waals surface area contributed by atoms with Crippen molar-refractivity contribution in [3.8, 4) is 0 Å². The zero-order valence-electron chi connectivity index (χ0n) is 12.7. The lowest BCUT2D eigenvalue weighted by atomic mass is 10.1. The standard InChI is InChI=1S/C16H22N4O/c1-10-13-7-11(9-18-16(13)20(2)19-10)8-17-14-5-6-21-15(14)12-3-4-12/h7,9,12,14-15,17H,3-6,8H2,1-2H3. The van der Waals surface area contributed by atoms with E-state index in [4.69, 9.17) is 4.74 Å². The van der Waals surface area contributed by atoms with Crippen LogP contribution in [0.2, 0.25) is 0 Å². The van der Waals surface area contributed by atoms with E-state index in [1.165, 1.54) is 18.4 Å². The van der Waals surface area contributed by atoms with E-state index in [1.54, 1.807) is 0 Å². The summed E-state index contributed by atoms with van der Waals surface area (Å²) in [5, 5.41) is 9.25. The van der Waals surface area contributed by atoms with Crippen LogP contribution in [0.3, 0.4) is 0 Å². The Labute approximate surface area is 124 Å². The maximum atomic E-state index is 5.88. The zero-order chi connectivity index (χ0) is 14.4. The van der Waals surface area contributed by atoms with Gasteiger partial charge in [-0.3, -0.25) is 4.68 Å². The third kappa shape index (κ3) is 2.45. The maximum absolute atomic E-state index is 5.88. The van der Waals surface area contributed by atoms with Gasteiger partial charge in [-0.05, 0) is 43.7 Å². The molecule has 0 amide bonds. The molecule has 2 atom stereocenters. The molecular formula is C16H22N4O. The van der Waals surface area contributed by atoms with E-state index in [0.717, 1.165) is 42.2 Å². The minimum absolute atomic E-state index is 0.432. The largest absolute Gasteiger partial charge is 0.376 e. The van der Waals surface area contributed by atoms with Crippen LogP contribution in [0.25, 0.3) is 11.0 Å². The van der Waals surface area contributed by atoms with Crippen LogP contribution < -0.4 is 5.32 Å². The lowest BCUT2D eigenvalue weighted by molar-refractivity contribution is 0.0809. The third-order valence-electron chi connectivity index (χ3n) is 4.71. The van der Waals surface area contributed by atoms with Gasteiger partial charge in [0.2, 0.25) is 0 Å². The van der Waals surface area contributed by atoms with E-state index in [2.05, 4.69) is 21.5 Å². The highest BCUT2D eigenvalue weighted by molar-refractivity contribution is 5.78. The SMILES string of the molecule is Cc1nn(C)c2ncc(CNC3CCOC3C3CC3)cc12. The van der Waals surface area contributed by atoms with Crippen molar-refractivity contribution < 1.29 is 4.74 Å². The Morgan fingerprint density at radius 2 is 2.24 bits per heavy atom. The van der Waals surface area contributed by atoms with Gasteiger partial charge in [0.15, 0.2) is 5.65 Å². The van der Waals surface area contributed by atoms with Gasteiger partial charge < -0.3 is 10.1 Å². The number of aromatic nitrogens is 3. The Morgan fingerprint density at radius 3 is 3.05 bits per heavy atom. The molecule has 2 fully saturated rings. The third-order valence-corrected chi connectivity index (χ3v) is 4.71.